The molecular formula is C18H16FN5O3S2. The maximum absolute atomic E-state index is 14.0. The van der Waals surface area contributed by atoms with E-state index in [1.807, 2.05) is 0 Å². The quantitative estimate of drug-likeness (QED) is 0.471. The number of thioether (sulfide) groups is 1. The number of fused-ring (bicyclic) bond motifs is 1. The summed E-state index contributed by atoms with van der Waals surface area (Å²) in [5, 5.41) is 14.8. The normalized spacial score (nSPS) is 12.6. The number of thiophene rings is 1. The van der Waals surface area contributed by atoms with Crippen LogP contribution in [0.25, 0.3) is 5.69 Å². The molecule has 2 heterocycles. The molecule has 1 aromatic carbocycles. The number of anilines is 1. The Balaban J connectivity index is 1.47. The van der Waals surface area contributed by atoms with Crippen LogP contribution in [0.5, 0.6) is 0 Å². The van der Waals surface area contributed by atoms with Crippen LogP contribution in [0.1, 0.15) is 27.2 Å². The topological polar surface area (TPSA) is 99.0 Å². The van der Waals surface area contributed by atoms with Gasteiger partial charge in [0.1, 0.15) is 16.5 Å². The molecule has 1 aliphatic rings. The summed E-state index contributed by atoms with van der Waals surface area (Å²) < 4.78 is 20.1. The molecular weight excluding hydrogens is 417 g/mol. The van der Waals surface area contributed by atoms with E-state index in [9.17, 15) is 14.0 Å². The summed E-state index contributed by atoms with van der Waals surface area (Å²) in [4.78, 5) is 25.8. The van der Waals surface area contributed by atoms with Crippen molar-refractivity contribution in [2.24, 2.45) is 0 Å². The van der Waals surface area contributed by atoms with Crippen LogP contribution in [0, 0.1) is 5.82 Å². The number of rotatable bonds is 6. The van der Waals surface area contributed by atoms with E-state index < -0.39 is 11.8 Å². The van der Waals surface area contributed by atoms with Crippen molar-refractivity contribution in [3.63, 3.8) is 0 Å². The van der Waals surface area contributed by atoms with E-state index >= 15 is 0 Å². The van der Waals surface area contributed by atoms with Crippen molar-refractivity contribution in [3.8, 4) is 5.69 Å². The number of nitrogens with zero attached hydrogens (tertiary/aromatic N) is 4. The molecule has 0 spiro atoms. The number of nitrogens with one attached hydrogen (secondary N) is 1. The fourth-order valence-corrected chi connectivity index (χ4v) is 5.12. The number of tetrazole rings is 1. The zero-order chi connectivity index (χ0) is 20.4. The Morgan fingerprint density at radius 3 is 2.97 bits per heavy atom. The summed E-state index contributed by atoms with van der Waals surface area (Å²) in [6, 6.07) is 6.10. The van der Waals surface area contributed by atoms with Crippen LogP contribution >= 0.6 is 23.1 Å². The number of methoxy groups -OCH3 is 1. The molecule has 0 aliphatic heterocycles. The van der Waals surface area contributed by atoms with E-state index in [1.165, 1.54) is 29.2 Å². The maximum Gasteiger partial charge on any atom is 0.341 e. The van der Waals surface area contributed by atoms with Crippen LogP contribution in [0.15, 0.2) is 29.4 Å². The molecule has 3 aromatic rings. The van der Waals surface area contributed by atoms with Gasteiger partial charge in [-0.1, -0.05) is 23.9 Å². The minimum atomic E-state index is -0.470. The standard InChI is InChI=1S/C18H16FN5O3S2/c1-27-17(26)15-10-5-4-8-13(10)29-16(15)20-14(25)9-28-18-21-22-23-24(18)12-7-3-2-6-11(12)19/h2-3,6-7H,4-5,8-9H2,1H3,(H,20,25). The van der Waals surface area contributed by atoms with Crippen LogP contribution in [0.3, 0.4) is 0 Å². The minimum Gasteiger partial charge on any atom is -0.465 e. The lowest BCUT2D eigenvalue weighted by Crippen LogP contribution is -2.16. The number of amides is 1. The second-order valence-electron chi connectivity index (χ2n) is 6.21. The van der Waals surface area contributed by atoms with Gasteiger partial charge in [-0.3, -0.25) is 4.79 Å². The first-order chi connectivity index (χ1) is 14.1. The molecule has 1 N–H and O–H groups in total. The highest BCUT2D eigenvalue weighted by Crippen LogP contribution is 2.39. The second kappa shape index (κ2) is 8.29. The Labute approximate surface area is 173 Å². The van der Waals surface area contributed by atoms with Crippen molar-refractivity contribution in [2.45, 2.75) is 24.4 Å². The molecule has 1 amide bonds. The van der Waals surface area contributed by atoms with Crippen molar-refractivity contribution in [1.82, 2.24) is 20.2 Å². The largest absolute Gasteiger partial charge is 0.465 e. The monoisotopic (exact) mass is 433 g/mol. The highest BCUT2D eigenvalue weighted by Gasteiger charge is 2.28. The molecule has 0 atom stereocenters. The predicted octanol–water partition coefficient (Wildman–Crippen LogP) is 2.87. The van der Waals surface area contributed by atoms with Gasteiger partial charge in [0, 0.05) is 4.88 Å². The number of carbonyl (C=O) groups excluding carboxylic acids is 2. The average molecular weight is 433 g/mol. The van der Waals surface area contributed by atoms with Crippen molar-refractivity contribution in [3.05, 3.63) is 46.1 Å². The highest BCUT2D eigenvalue weighted by molar-refractivity contribution is 7.99. The molecule has 29 heavy (non-hydrogen) atoms. The maximum atomic E-state index is 14.0. The summed E-state index contributed by atoms with van der Waals surface area (Å²) >= 11 is 2.48. The van der Waals surface area contributed by atoms with Gasteiger partial charge in [-0.05, 0) is 47.4 Å². The Kier molecular flexibility index (Phi) is 5.58. The van der Waals surface area contributed by atoms with Crippen molar-refractivity contribution >= 4 is 40.0 Å². The summed E-state index contributed by atoms with van der Waals surface area (Å²) in [7, 11) is 1.32. The van der Waals surface area contributed by atoms with Gasteiger partial charge < -0.3 is 10.1 Å². The molecule has 0 saturated carbocycles. The minimum absolute atomic E-state index is 0.00198. The van der Waals surface area contributed by atoms with Gasteiger partial charge in [0.2, 0.25) is 11.1 Å². The number of ether oxygens (including phenoxy) is 1. The molecule has 0 radical (unpaired) electrons. The fraction of sp³-hybridized carbons (Fsp3) is 0.278. The molecule has 0 fully saturated rings. The van der Waals surface area contributed by atoms with Gasteiger partial charge >= 0.3 is 5.97 Å². The van der Waals surface area contributed by atoms with Gasteiger partial charge in [-0.25, -0.2) is 9.18 Å². The fourth-order valence-electron chi connectivity index (χ4n) is 3.15. The second-order valence-corrected chi connectivity index (χ2v) is 8.26. The Morgan fingerprint density at radius 2 is 2.17 bits per heavy atom. The number of aryl methyl sites for hydroxylation is 1. The van der Waals surface area contributed by atoms with E-state index in [0.717, 1.165) is 41.5 Å². The van der Waals surface area contributed by atoms with Crippen molar-refractivity contribution < 1.29 is 18.7 Å². The summed E-state index contributed by atoms with van der Waals surface area (Å²) in [5.74, 6) is -1.24. The van der Waals surface area contributed by atoms with Gasteiger partial charge in [-0.2, -0.15) is 4.68 Å². The molecule has 8 nitrogen and oxygen atoms in total. The van der Waals surface area contributed by atoms with Crippen molar-refractivity contribution in [2.75, 3.05) is 18.2 Å². The Hall–Kier alpha value is -2.79. The molecule has 0 saturated heterocycles. The number of carbonyl (C=O) groups is 2. The number of benzene rings is 1. The molecule has 4 rings (SSSR count). The van der Waals surface area contributed by atoms with Crippen LogP contribution in [-0.2, 0) is 22.4 Å². The number of hydrogen-bond donors (Lipinski definition) is 1. The first-order valence-corrected chi connectivity index (χ1v) is 10.6. The van der Waals surface area contributed by atoms with Crippen LogP contribution in [0.4, 0.5) is 9.39 Å². The smallest absolute Gasteiger partial charge is 0.341 e. The molecule has 150 valence electrons. The van der Waals surface area contributed by atoms with E-state index in [1.54, 1.807) is 18.2 Å². The third kappa shape index (κ3) is 3.87. The summed E-state index contributed by atoms with van der Waals surface area (Å²) in [5.41, 5.74) is 1.61. The van der Waals surface area contributed by atoms with E-state index in [0.29, 0.717) is 10.6 Å². The van der Waals surface area contributed by atoms with E-state index in [-0.39, 0.29) is 22.5 Å². The molecule has 11 heteroatoms. The van der Waals surface area contributed by atoms with Crippen LogP contribution in [-0.4, -0.2) is 44.9 Å². The number of halogens is 1. The summed E-state index contributed by atoms with van der Waals surface area (Å²) in [6.07, 6.45) is 2.69. The summed E-state index contributed by atoms with van der Waals surface area (Å²) in [6.45, 7) is 0. The first-order valence-electron chi connectivity index (χ1n) is 8.77. The molecule has 1 aliphatic carbocycles. The third-order valence-electron chi connectivity index (χ3n) is 4.42. The van der Waals surface area contributed by atoms with Gasteiger partial charge in [-0.15, -0.1) is 16.4 Å². The Bertz CT molecular complexity index is 1080. The van der Waals surface area contributed by atoms with Gasteiger partial charge in [0.05, 0.1) is 18.4 Å². The van der Waals surface area contributed by atoms with E-state index in [4.69, 9.17) is 4.74 Å². The third-order valence-corrected chi connectivity index (χ3v) is 6.54. The zero-order valence-electron chi connectivity index (χ0n) is 15.3. The van der Waals surface area contributed by atoms with Gasteiger partial charge in [0.25, 0.3) is 0 Å². The molecule has 0 unspecified atom stereocenters. The number of hydrogen-bond acceptors (Lipinski definition) is 8. The molecule has 0 bridgehead atoms. The van der Waals surface area contributed by atoms with Gasteiger partial charge in [0.15, 0.2) is 0 Å². The number of esters is 1. The van der Waals surface area contributed by atoms with Crippen LogP contribution < -0.4 is 5.32 Å². The van der Waals surface area contributed by atoms with Crippen molar-refractivity contribution in [1.29, 1.82) is 0 Å². The molecule has 2 aromatic heterocycles. The SMILES string of the molecule is COC(=O)c1c(NC(=O)CSc2nnnn2-c2ccccc2F)sc2c1CCC2. The first kappa shape index (κ1) is 19.5. The lowest BCUT2D eigenvalue weighted by atomic mass is 10.1. The van der Waals surface area contributed by atoms with E-state index in [2.05, 4.69) is 20.8 Å². The zero-order valence-corrected chi connectivity index (χ0v) is 17.0. The lowest BCUT2D eigenvalue weighted by molar-refractivity contribution is -0.113. The van der Waals surface area contributed by atoms with Crippen LogP contribution in [0.2, 0.25) is 0 Å². The highest BCUT2D eigenvalue weighted by atomic mass is 32.2. The average Bonchev–Trinajstić information content (AvgIpc) is 3.42. The number of aromatic nitrogens is 4. The Morgan fingerprint density at radius 1 is 1.34 bits per heavy atom. The number of para-hydroxylation sites is 1. The predicted molar refractivity (Wildman–Crippen MR) is 106 cm³/mol. The lowest BCUT2D eigenvalue weighted by Gasteiger charge is -2.07.